The van der Waals surface area contributed by atoms with Crippen LogP contribution in [-0.4, -0.2) is 82.0 Å². The highest BCUT2D eigenvalue weighted by atomic mass is 16.5. The molecule has 2 N–H and O–H groups in total. The molecule has 7 heterocycles. The van der Waals surface area contributed by atoms with E-state index >= 15 is 0 Å². The van der Waals surface area contributed by atoms with E-state index < -0.39 is 11.4 Å². The average Bonchev–Trinajstić information content (AvgIpc) is 3.18. The number of nitrogens with one attached hydrogen (secondary N) is 1. The molecule has 0 spiro atoms. The molecule has 33 heavy (non-hydrogen) atoms. The Hall–Kier alpha value is -2.69. The molecular formula is C23H29N7O3. The topological polar surface area (TPSA) is 117 Å². The van der Waals surface area contributed by atoms with Gasteiger partial charge in [0.25, 0.3) is 0 Å². The summed E-state index contributed by atoms with van der Waals surface area (Å²) in [4.78, 5) is 31.1. The Morgan fingerprint density at radius 3 is 2.70 bits per heavy atom. The Kier molecular flexibility index (Phi) is 5.23. The van der Waals surface area contributed by atoms with Gasteiger partial charge in [0.2, 0.25) is 0 Å². The number of carboxylic acid groups (broad SMARTS) is 1. The summed E-state index contributed by atoms with van der Waals surface area (Å²) in [6.07, 6.45) is 7.52. The summed E-state index contributed by atoms with van der Waals surface area (Å²) in [5.41, 5.74) is -0.0795. The van der Waals surface area contributed by atoms with E-state index in [1.165, 1.54) is 0 Å². The molecule has 10 nitrogen and oxygen atoms in total. The summed E-state index contributed by atoms with van der Waals surface area (Å²) in [5, 5.41) is 18.2. The number of aromatic carboxylic acids is 1. The molecule has 4 bridgehead atoms. The zero-order valence-electron chi connectivity index (χ0n) is 18.6. The molecule has 5 fully saturated rings. The molecule has 5 aliphatic rings. The Labute approximate surface area is 192 Å². The van der Waals surface area contributed by atoms with Crippen molar-refractivity contribution in [1.29, 1.82) is 0 Å². The molecular weight excluding hydrogens is 422 g/mol. The van der Waals surface area contributed by atoms with Crippen LogP contribution in [0.2, 0.25) is 0 Å². The normalized spacial score (nSPS) is 31.3. The number of carboxylic acids is 1. The molecule has 0 saturated carbocycles. The maximum Gasteiger partial charge on any atom is 0.355 e. The molecule has 0 amide bonds. The monoisotopic (exact) mass is 451 g/mol. The van der Waals surface area contributed by atoms with Gasteiger partial charge in [0.15, 0.2) is 17.3 Å². The zero-order valence-corrected chi connectivity index (χ0v) is 18.6. The van der Waals surface area contributed by atoms with Crippen LogP contribution in [-0.2, 0) is 10.2 Å². The zero-order chi connectivity index (χ0) is 22.4. The fourth-order valence-electron chi connectivity index (χ4n) is 5.89. The number of ether oxygens (including phenoxy) is 1. The van der Waals surface area contributed by atoms with Crippen LogP contribution >= 0.6 is 0 Å². The summed E-state index contributed by atoms with van der Waals surface area (Å²) in [6, 6.07) is 1.72. The van der Waals surface area contributed by atoms with Gasteiger partial charge in [-0.15, -0.1) is 0 Å². The molecule has 5 aliphatic heterocycles. The van der Waals surface area contributed by atoms with Gasteiger partial charge in [-0.3, -0.25) is 5.01 Å². The molecule has 7 rings (SSSR count). The predicted octanol–water partition coefficient (Wildman–Crippen LogP) is 1.35. The van der Waals surface area contributed by atoms with Crippen molar-refractivity contribution in [3.8, 4) is 11.4 Å². The number of aromatic nitrogens is 4. The van der Waals surface area contributed by atoms with Crippen molar-refractivity contribution in [2.75, 3.05) is 50.9 Å². The van der Waals surface area contributed by atoms with Gasteiger partial charge in [-0.2, -0.15) is 0 Å². The lowest BCUT2D eigenvalue weighted by atomic mass is 9.74. The van der Waals surface area contributed by atoms with Crippen molar-refractivity contribution in [3.05, 3.63) is 30.0 Å². The van der Waals surface area contributed by atoms with Crippen molar-refractivity contribution >= 4 is 11.8 Å². The maximum absolute atomic E-state index is 12.5. The summed E-state index contributed by atoms with van der Waals surface area (Å²) in [6.45, 7) is 5.46. The summed E-state index contributed by atoms with van der Waals surface area (Å²) in [5.74, 6) is 1.48. The van der Waals surface area contributed by atoms with Crippen LogP contribution in [0.25, 0.3) is 11.4 Å². The Morgan fingerprint density at radius 2 is 1.91 bits per heavy atom. The number of nitrogens with zero attached hydrogens (tertiary/aromatic N) is 6. The number of anilines is 1. The van der Waals surface area contributed by atoms with Gasteiger partial charge in [0, 0.05) is 45.1 Å². The second-order valence-electron chi connectivity index (χ2n) is 9.78. The minimum absolute atomic E-state index is 0.0386. The number of rotatable bonds is 4. The van der Waals surface area contributed by atoms with Crippen molar-refractivity contribution < 1.29 is 14.6 Å². The third kappa shape index (κ3) is 3.66. The first-order valence-electron chi connectivity index (χ1n) is 11.9. The molecule has 174 valence electrons. The van der Waals surface area contributed by atoms with Crippen LogP contribution in [0.4, 0.5) is 5.82 Å². The van der Waals surface area contributed by atoms with Crippen molar-refractivity contribution in [2.45, 2.75) is 31.1 Å². The van der Waals surface area contributed by atoms with Gasteiger partial charge >= 0.3 is 5.97 Å². The first-order chi connectivity index (χ1) is 16.1. The molecule has 0 radical (unpaired) electrons. The number of hydrogen-bond acceptors (Lipinski definition) is 9. The number of hydrazine groups is 1. The smallest absolute Gasteiger partial charge is 0.355 e. The summed E-state index contributed by atoms with van der Waals surface area (Å²) < 4.78 is 5.95. The lowest BCUT2D eigenvalue weighted by molar-refractivity contribution is -0.0244. The minimum atomic E-state index is -1.09. The van der Waals surface area contributed by atoms with Crippen molar-refractivity contribution in [2.24, 2.45) is 11.8 Å². The Morgan fingerprint density at radius 1 is 1.12 bits per heavy atom. The lowest BCUT2D eigenvalue weighted by Crippen LogP contribution is -2.55. The van der Waals surface area contributed by atoms with E-state index in [0.29, 0.717) is 54.6 Å². The van der Waals surface area contributed by atoms with E-state index in [1.807, 2.05) is 0 Å². The van der Waals surface area contributed by atoms with Crippen LogP contribution < -0.4 is 10.3 Å². The molecule has 2 aromatic heterocycles. The number of piperidine rings is 2. The highest BCUT2D eigenvalue weighted by Gasteiger charge is 2.45. The quantitative estimate of drug-likeness (QED) is 0.705. The van der Waals surface area contributed by atoms with Crippen LogP contribution in [0.3, 0.4) is 0 Å². The third-order valence-corrected chi connectivity index (χ3v) is 7.59. The van der Waals surface area contributed by atoms with E-state index in [9.17, 15) is 9.90 Å². The van der Waals surface area contributed by atoms with Crippen LogP contribution in [0.1, 0.15) is 42.0 Å². The number of fused-ring (bicyclic) bond motifs is 6. The van der Waals surface area contributed by atoms with E-state index in [2.05, 4.69) is 30.3 Å². The fraction of sp³-hybridized carbons (Fsp3) is 0.609. The molecule has 0 aliphatic carbocycles. The Balaban J connectivity index is 1.55. The highest BCUT2D eigenvalue weighted by Crippen LogP contribution is 2.40. The van der Waals surface area contributed by atoms with E-state index in [0.717, 1.165) is 51.9 Å². The minimum Gasteiger partial charge on any atom is -0.476 e. The molecule has 2 atom stereocenters. The maximum atomic E-state index is 12.5. The Bertz CT molecular complexity index is 1030. The molecule has 0 aromatic carbocycles. The fourth-order valence-corrected chi connectivity index (χ4v) is 5.89. The third-order valence-electron chi connectivity index (χ3n) is 7.59. The van der Waals surface area contributed by atoms with Gasteiger partial charge in [0.1, 0.15) is 5.82 Å². The van der Waals surface area contributed by atoms with E-state index in [-0.39, 0.29) is 5.69 Å². The van der Waals surface area contributed by atoms with Crippen molar-refractivity contribution in [1.82, 2.24) is 30.3 Å². The van der Waals surface area contributed by atoms with Gasteiger partial charge in [-0.1, -0.05) is 0 Å². The van der Waals surface area contributed by atoms with E-state index in [1.54, 1.807) is 18.5 Å². The SMILES string of the molecule is O=C(O)c1nc(C23CNCC(COC2)C3)nc(N2CCC3CCN2CC3)c1-c1ncccn1. The lowest BCUT2D eigenvalue weighted by Gasteiger charge is -2.44. The van der Waals surface area contributed by atoms with Gasteiger partial charge in [-0.05, 0) is 43.6 Å². The first kappa shape index (κ1) is 20.9. The molecule has 2 unspecified atom stereocenters. The second kappa shape index (κ2) is 8.27. The number of hydrogen-bond donors (Lipinski definition) is 2. The predicted molar refractivity (Wildman–Crippen MR) is 120 cm³/mol. The van der Waals surface area contributed by atoms with Gasteiger partial charge < -0.3 is 15.2 Å². The largest absolute Gasteiger partial charge is 0.476 e. The van der Waals surface area contributed by atoms with Crippen LogP contribution in [0.5, 0.6) is 0 Å². The first-order valence-corrected chi connectivity index (χ1v) is 11.9. The number of carbonyl (C=O) groups is 1. The van der Waals surface area contributed by atoms with Gasteiger partial charge in [0.05, 0.1) is 24.2 Å². The standard InChI is InChI=1S/C23H29N7O3/c31-21(32)18-17(19-25-5-1-6-26-19)20(30-9-4-15-2-7-29(30)8-3-15)28-22(27-18)23-10-16(11-24-13-23)12-33-14-23/h1,5-6,15-16,24H,2-4,7-14H2,(H,31,32). The van der Waals surface area contributed by atoms with Crippen LogP contribution in [0, 0.1) is 11.8 Å². The summed E-state index contributed by atoms with van der Waals surface area (Å²) >= 11 is 0. The van der Waals surface area contributed by atoms with Crippen molar-refractivity contribution in [3.63, 3.8) is 0 Å². The average molecular weight is 452 g/mol. The van der Waals surface area contributed by atoms with Crippen LogP contribution in [0.15, 0.2) is 18.5 Å². The highest BCUT2D eigenvalue weighted by molar-refractivity contribution is 5.96. The van der Waals surface area contributed by atoms with E-state index in [4.69, 9.17) is 9.72 Å². The molecule has 2 aromatic rings. The van der Waals surface area contributed by atoms with Gasteiger partial charge in [-0.25, -0.2) is 29.7 Å². The summed E-state index contributed by atoms with van der Waals surface area (Å²) in [7, 11) is 0. The molecule has 10 heteroatoms. The molecule has 5 saturated heterocycles. The second-order valence-corrected chi connectivity index (χ2v) is 9.78.